The quantitative estimate of drug-likeness (QED) is 0.787. The second kappa shape index (κ2) is 6.58. The van der Waals surface area contributed by atoms with Gasteiger partial charge in [-0.25, -0.2) is 5.32 Å². The molecule has 0 aliphatic carbocycles. The van der Waals surface area contributed by atoms with Crippen LogP contribution in [0.2, 0.25) is 0 Å². The number of likely N-dealkylation sites (tertiary alicyclic amines) is 1. The van der Waals surface area contributed by atoms with E-state index in [2.05, 4.69) is 4.90 Å². The zero-order valence-electron chi connectivity index (χ0n) is 10.4. The van der Waals surface area contributed by atoms with Crippen LogP contribution >= 0.6 is 0 Å². The van der Waals surface area contributed by atoms with Crippen LogP contribution in [0.15, 0.2) is 0 Å². The van der Waals surface area contributed by atoms with E-state index in [-0.39, 0.29) is 0 Å². The van der Waals surface area contributed by atoms with Gasteiger partial charge in [-0.15, -0.1) is 0 Å². The first kappa shape index (κ1) is 12.3. The van der Waals surface area contributed by atoms with Gasteiger partial charge in [0.05, 0.1) is 6.17 Å². The fourth-order valence-electron chi connectivity index (χ4n) is 3.01. The summed E-state index contributed by atoms with van der Waals surface area (Å²) in [6, 6.07) is 0. The normalized spacial score (nSPS) is 29.4. The summed E-state index contributed by atoms with van der Waals surface area (Å²) in [5.41, 5.74) is 5.56. The van der Waals surface area contributed by atoms with Crippen molar-refractivity contribution in [3.63, 3.8) is 0 Å². The summed E-state index contributed by atoms with van der Waals surface area (Å²) >= 11 is 0. The van der Waals surface area contributed by atoms with Crippen LogP contribution in [0.25, 0.3) is 0 Å². The van der Waals surface area contributed by atoms with Crippen molar-refractivity contribution < 1.29 is 0 Å². The maximum Gasteiger partial charge on any atom is 0.0760 e. The molecule has 2 fully saturated rings. The largest absolute Gasteiger partial charge is 0.330 e. The highest BCUT2D eigenvalue weighted by molar-refractivity contribution is 4.79. The summed E-state index contributed by atoms with van der Waals surface area (Å²) < 4.78 is 0. The van der Waals surface area contributed by atoms with E-state index in [4.69, 9.17) is 11.1 Å². The minimum absolute atomic E-state index is 0.559. The summed E-state index contributed by atoms with van der Waals surface area (Å²) in [7, 11) is 0. The zero-order chi connectivity index (χ0) is 11.2. The van der Waals surface area contributed by atoms with Gasteiger partial charge in [-0.1, -0.05) is 0 Å². The zero-order valence-corrected chi connectivity index (χ0v) is 10.4. The van der Waals surface area contributed by atoms with Gasteiger partial charge < -0.3 is 5.73 Å². The van der Waals surface area contributed by atoms with E-state index in [0.29, 0.717) is 6.17 Å². The summed E-state index contributed by atoms with van der Waals surface area (Å²) in [5, 5.41) is 4.75. The van der Waals surface area contributed by atoms with E-state index in [9.17, 15) is 0 Å². The lowest BCUT2D eigenvalue weighted by Crippen LogP contribution is -2.47. The number of nitrogens with two attached hydrogens (primary N) is 1. The van der Waals surface area contributed by atoms with E-state index < -0.39 is 0 Å². The van der Waals surface area contributed by atoms with Crippen LogP contribution in [0.1, 0.15) is 44.9 Å². The van der Waals surface area contributed by atoms with Crippen LogP contribution in [-0.2, 0) is 0 Å². The maximum atomic E-state index is 5.56. The summed E-state index contributed by atoms with van der Waals surface area (Å²) in [6.07, 6.45) is 9.82. The molecule has 0 amide bonds. The van der Waals surface area contributed by atoms with Gasteiger partial charge in [-0.2, -0.15) is 0 Å². The number of hydrogen-bond acceptors (Lipinski definition) is 2. The molecule has 1 radical (unpaired) electrons. The van der Waals surface area contributed by atoms with Crippen molar-refractivity contribution in [2.45, 2.75) is 51.1 Å². The molecular formula is C13H26N3. The Labute approximate surface area is 99.8 Å². The molecule has 93 valence electrons. The summed E-state index contributed by atoms with van der Waals surface area (Å²) in [6.45, 7) is 4.49. The van der Waals surface area contributed by atoms with Gasteiger partial charge in [0, 0.05) is 6.54 Å². The molecule has 2 N–H and O–H groups in total. The van der Waals surface area contributed by atoms with Crippen molar-refractivity contribution in [1.29, 1.82) is 0 Å². The Morgan fingerprint density at radius 2 is 1.94 bits per heavy atom. The van der Waals surface area contributed by atoms with Crippen LogP contribution in [0.5, 0.6) is 0 Å². The molecule has 2 rings (SSSR count). The van der Waals surface area contributed by atoms with E-state index in [1.165, 1.54) is 58.0 Å². The first-order chi connectivity index (χ1) is 7.90. The third-order valence-corrected chi connectivity index (χ3v) is 4.10. The van der Waals surface area contributed by atoms with Gasteiger partial charge in [0.1, 0.15) is 0 Å². The fourth-order valence-corrected chi connectivity index (χ4v) is 3.01. The smallest absolute Gasteiger partial charge is 0.0760 e. The SMILES string of the molecule is NCCCC1CCN(C2CCCC[N]2)CC1. The van der Waals surface area contributed by atoms with Crippen LogP contribution < -0.4 is 11.1 Å². The molecule has 1 atom stereocenters. The molecule has 3 nitrogen and oxygen atoms in total. The molecule has 16 heavy (non-hydrogen) atoms. The van der Waals surface area contributed by atoms with Crippen LogP contribution in [-0.4, -0.2) is 37.2 Å². The number of hydrogen-bond donors (Lipinski definition) is 1. The average Bonchev–Trinajstić information content (AvgIpc) is 2.38. The highest BCUT2D eigenvalue weighted by Gasteiger charge is 2.26. The lowest BCUT2D eigenvalue weighted by molar-refractivity contribution is 0.0879. The molecule has 0 saturated carbocycles. The molecule has 0 spiro atoms. The van der Waals surface area contributed by atoms with Crippen LogP contribution in [0.3, 0.4) is 0 Å². The molecule has 0 bridgehead atoms. The van der Waals surface area contributed by atoms with Crippen molar-refractivity contribution in [1.82, 2.24) is 10.2 Å². The topological polar surface area (TPSA) is 43.4 Å². The van der Waals surface area contributed by atoms with Crippen LogP contribution in [0.4, 0.5) is 0 Å². The molecule has 0 aromatic heterocycles. The third-order valence-electron chi connectivity index (χ3n) is 4.10. The van der Waals surface area contributed by atoms with Gasteiger partial charge in [-0.05, 0) is 70.5 Å². The molecule has 2 saturated heterocycles. The van der Waals surface area contributed by atoms with Crippen molar-refractivity contribution in [3.8, 4) is 0 Å². The fraction of sp³-hybridized carbons (Fsp3) is 1.00. The molecule has 2 aliphatic rings. The van der Waals surface area contributed by atoms with E-state index in [1.807, 2.05) is 0 Å². The minimum atomic E-state index is 0.559. The monoisotopic (exact) mass is 224 g/mol. The second-order valence-electron chi connectivity index (χ2n) is 5.29. The van der Waals surface area contributed by atoms with Gasteiger partial charge in [0.15, 0.2) is 0 Å². The Morgan fingerprint density at radius 3 is 2.56 bits per heavy atom. The van der Waals surface area contributed by atoms with Gasteiger partial charge in [0.25, 0.3) is 0 Å². The predicted molar refractivity (Wildman–Crippen MR) is 67.2 cm³/mol. The number of nitrogens with zero attached hydrogens (tertiary/aromatic N) is 2. The highest BCUT2D eigenvalue weighted by atomic mass is 15.3. The van der Waals surface area contributed by atoms with Crippen molar-refractivity contribution in [3.05, 3.63) is 0 Å². The van der Waals surface area contributed by atoms with Crippen molar-refractivity contribution in [2.24, 2.45) is 11.7 Å². The van der Waals surface area contributed by atoms with Crippen molar-refractivity contribution >= 4 is 0 Å². The predicted octanol–water partition coefficient (Wildman–Crippen LogP) is 1.55. The van der Waals surface area contributed by atoms with E-state index in [0.717, 1.165) is 19.0 Å². The first-order valence-corrected chi connectivity index (χ1v) is 7.01. The molecule has 0 aromatic rings. The molecule has 2 heterocycles. The van der Waals surface area contributed by atoms with E-state index >= 15 is 0 Å². The van der Waals surface area contributed by atoms with Gasteiger partial charge in [0.2, 0.25) is 0 Å². The van der Waals surface area contributed by atoms with E-state index in [1.54, 1.807) is 0 Å². The summed E-state index contributed by atoms with van der Waals surface area (Å²) in [4.78, 5) is 2.61. The Kier molecular flexibility index (Phi) is 5.07. The molecule has 2 aliphatic heterocycles. The third kappa shape index (κ3) is 3.44. The second-order valence-corrected chi connectivity index (χ2v) is 5.29. The standard InChI is InChI=1S/C13H26N3/c14-8-3-4-12-6-10-16(11-7-12)13-5-1-2-9-15-13/h12-13H,1-11,14H2. The Balaban J connectivity index is 1.67. The van der Waals surface area contributed by atoms with Gasteiger partial charge in [-0.3, -0.25) is 4.90 Å². The lowest BCUT2D eigenvalue weighted by Gasteiger charge is -2.38. The Bertz CT molecular complexity index is 182. The first-order valence-electron chi connectivity index (χ1n) is 7.01. The number of piperidine rings is 2. The molecule has 0 aromatic carbocycles. The highest BCUT2D eigenvalue weighted by Crippen LogP contribution is 2.24. The summed E-state index contributed by atoms with van der Waals surface area (Å²) in [5.74, 6) is 0.934. The average molecular weight is 224 g/mol. The van der Waals surface area contributed by atoms with Crippen LogP contribution in [0, 0.1) is 5.92 Å². The minimum Gasteiger partial charge on any atom is -0.330 e. The lowest BCUT2D eigenvalue weighted by atomic mass is 9.91. The molecule has 1 unspecified atom stereocenters. The number of rotatable bonds is 4. The van der Waals surface area contributed by atoms with Crippen molar-refractivity contribution in [2.75, 3.05) is 26.2 Å². The Morgan fingerprint density at radius 1 is 1.12 bits per heavy atom. The van der Waals surface area contributed by atoms with Gasteiger partial charge >= 0.3 is 0 Å². The molecular weight excluding hydrogens is 198 g/mol. The molecule has 3 heteroatoms. The Hall–Kier alpha value is -0.120. The maximum absolute atomic E-state index is 5.56.